The Morgan fingerprint density at radius 1 is 1.06 bits per heavy atom. The highest BCUT2D eigenvalue weighted by molar-refractivity contribution is 5.98. The molecule has 2 aromatic carbocycles. The second-order valence-corrected chi connectivity index (χ2v) is 8.98. The molecule has 0 aliphatic carbocycles. The van der Waals surface area contributed by atoms with Crippen molar-refractivity contribution in [2.24, 2.45) is 0 Å². The molecular weight excluding hydrogens is 434 g/mol. The Kier molecular flexibility index (Phi) is 3.88. The number of nitrogens with one attached hydrogen (secondary N) is 2. The van der Waals surface area contributed by atoms with E-state index in [2.05, 4.69) is 21.2 Å². The fraction of sp³-hybridized carbons (Fsp3) is 0.240. The lowest BCUT2D eigenvalue weighted by Gasteiger charge is -2.46. The van der Waals surface area contributed by atoms with Crippen LogP contribution in [0.4, 0.5) is 0 Å². The van der Waals surface area contributed by atoms with Gasteiger partial charge in [0.15, 0.2) is 11.5 Å². The Morgan fingerprint density at radius 2 is 1.94 bits per heavy atom. The first kappa shape index (κ1) is 19.2. The fourth-order valence-electron chi connectivity index (χ4n) is 5.47. The largest absolute Gasteiger partial charge is 0.454 e. The van der Waals surface area contributed by atoms with Crippen molar-refractivity contribution in [1.82, 2.24) is 25.0 Å². The highest BCUT2D eigenvalue weighted by Crippen LogP contribution is 2.45. The molecule has 0 radical (unpaired) electrons. The van der Waals surface area contributed by atoms with Crippen LogP contribution in [-0.2, 0) is 16.0 Å². The SMILES string of the molecule is CN1CC(=O)N2[C@@H](c3ccc4c(c3)OCO4)c3[nH]c4ccc(-c5ccn[nH]5)cc4c3C[C@@H]2C1=O. The van der Waals surface area contributed by atoms with Gasteiger partial charge in [0.2, 0.25) is 18.6 Å². The number of H-pyrrole nitrogens is 2. The quantitative estimate of drug-likeness (QED) is 0.484. The summed E-state index contributed by atoms with van der Waals surface area (Å²) in [5.41, 5.74) is 5.75. The van der Waals surface area contributed by atoms with Crippen molar-refractivity contribution in [3.63, 3.8) is 0 Å². The summed E-state index contributed by atoms with van der Waals surface area (Å²) in [6.07, 6.45) is 2.18. The Morgan fingerprint density at radius 3 is 2.79 bits per heavy atom. The number of carbonyl (C=O) groups is 2. The molecule has 0 saturated carbocycles. The molecule has 0 bridgehead atoms. The van der Waals surface area contributed by atoms with Gasteiger partial charge in [-0.3, -0.25) is 14.7 Å². The molecule has 2 aromatic heterocycles. The summed E-state index contributed by atoms with van der Waals surface area (Å²) >= 11 is 0. The molecular formula is C25H21N5O4. The predicted octanol–water partition coefficient (Wildman–Crippen LogP) is 2.60. The van der Waals surface area contributed by atoms with Crippen LogP contribution in [0.15, 0.2) is 48.7 Å². The number of piperazine rings is 1. The molecule has 5 heterocycles. The van der Waals surface area contributed by atoms with E-state index in [0.29, 0.717) is 17.9 Å². The molecule has 0 spiro atoms. The summed E-state index contributed by atoms with van der Waals surface area (Å²) in [4.78, 5) is 33.4. The summed E-state index contributed by atoms with van der Waals surface area (Å²) in [6.45, 7) is 0.238. The average molecular weight is 455 g/mol. The van der Waals surface area contributed by atoms with E-state index in [9.17, 15) is 9.59 Å². The number of aromatic nitrogens is 3. The van der Waals surface area contributed by atoms with Crippen molar-refractivity contribution >= 4 is 22.7 Å². The van der Waals surface area contributed by atoms with E-state index in [0.717, 1.165) is 39.0 Å². The number of rotatable bonds is 2. The lowest BCUT2D eigenvalue weighted by atomic mass is 9.86. The third-order valence-corrected chi connectivity index (χ3v) is 7.07. The maximum Gasteiger partial charge on any atom is 0.245 e. The minimum Gasteiger partial charge on any atom is -0.454 e. The van der Waals surface area contributed by atoms with E-state index >= 15 is 0 Å². The summed E-state index contributed by atoms with van der Waals surface area (Å²) in [5.74, 6) is 1.21. The number of ether oxygens (including phenoxy) is 2. The van der Waals surface area contributed by atoms with Crippen LogP contribution >= 0.6 is 0 Å². The van der Waals surface area contributed by atoms with Crippen molar-refractivity contribution < 1.29 is 19.1 Å². The Bertz CT molecular complexity index is 1470. The Balaban J connectivity index is 1.45. The van der Waals surface area contributed by atoms with Gasteiger partial charge in [0, 0.05) is 41.8 Å². The predicted molar refractivity (Wildman–Crippen MR) is 122 cm³/mol. The maximum absolute atomic E-state index is 13.3. The number of carbonyl (C=O) groups excluding carboxylic acids is 2. The molecule has 2 N–H and O–H groups in total. The smallest absolute Gasteiger partial charge is 0.245 e. The van der Waals surface area contributed by atoms with Gasteiger partial charge in [-0.1, -0.05) is 12.1 Å². The van der Waals surface area contributed by atoms with Gasteiger partial charge in [0.25, 0.3) is 0 Å². The van der Waals surface area contributed by atoms with Crippen LogP contribution in [0, 0.1) is 0 Å². The van der Waals surface area contributed by atoms with E-state index in [1.807, 2.05) is 36.4 Å². The minimum absolute atomic E-state index is 0.0462. The molecule has 2 atom stereocenters. The topological polar surface area (TPSA) is 104 Å². The van der Waals surface area contributed by atoms with E-state index < -0.39 is 12.1 Å². The van der Waals surface area contributed by atoms with Crippen LogP contribution in [0.25, 0.3) is 22.2 Å². The van der Waals surface area contributed by atoms with E-state index in [-0.39, 0.29) is 25.2 Å². The highest BCUT2D eigenvalue weighted by atomic mass is 16.7. The maximum atomic E-state index is 13.3. The number of benzene rings is 2. The lowest BCUT2D eigenvalue weighted by molar-refractivity contribution is -0.157. The molecule has 1 fully saturated rings. The molecule has 7 rings (SSSR count). The van der Waals surface area contributed by atoms with E-state index in [4.69, 9.17) is 9.47 Å². The van der Waals surface area contributed by atoms with Gasteiger partial charge in [-0.05, 0) is 41.5 Å². The van der Waals surface area contributed by atoms with E-state index in [1.54, 1.807) is 18.1 Å². The zero-order chi connectivity index (χ0) is 23.0. The van der Waals surface area contributed by atoms with Gasteiger partial charge in [0.1, 0.15) is 6.04 Å². The normalized spacial score (nSPS) is 21.2. The molecule has 2 amide bonds. The van der Waals surface area contributed by atoms with Crippen molar-refractivity contribution in [3.05, 3.63) is 65.5 Å². The van der Waals surface area contributed by atoms with Crippen LogP contribution in [0.1, 0.15) is 22.9 Å². The number of fused-ring (bicyclic) bond motifs is 5. The second-order valence-electron chi connectivity index (χ2n) is 8.98. The van der Waals surface area contributed by atoms with Crippen molar-refractivity contribution in [2.75, 3.05) is 20.4 Å². The third kappa shape index (κ3) is 2.63. The number of hydrogen-bond acceptors (Lipinski definition) is 5. The molecule has 3 aliphatic heterocycles. The van der Waals surface area contributed by atoms with Gasteiger partial charge in [-0.25, -0.2) is 0 Å². The summed E-state index contributed by atoms with van der Waals surface area (Å²) in [6, 6.07) is 12.8. The number of amides is 2. The molecule has 4 aromatic rings. The number of likely N-dealkylation sites (N-methyl/N-ethyl adjacent to an activating group) is 1. The Labute approximate surface area is 194 Å². The molecule has 3 aliphatic rings. The molecule has 34 heavy (non-hydrogen) atoms. The molecule has 9 nitrogen and oxygen atoms in total. The van der Waals surface area contributed by atoms with Gasteiger partial charge >= 0.3 is 0 Å². The standard InChI is InChI=1S/C25H21N5O4/c1-29-11-22(31)30-19(25(29)32)10-16-15-8-13(17-6-7-26-28-17)2-4-18(15)27-23(16)24(30)14-3-5-20-21(9-14)34-12-33-20/h2-9,19,24,27H,10-12H2,1H3,(H,26,28)/t19-,24+/m1/s1. The van der Waals surface area contributed by atoms with Crippen LogP contribution in [0.2, 0.25) is 0 Å². The van der Waals surface area contributed by atoms with Crippen molar-refractivity contribution in [1.29, 1.82) is 0 Å². The van der Waals surface area contributed by atoms with Crippen LogP contribution in [-0.4, -0.2) is 63.2 Å². The highest BCUT2D eigenvalue weighted by Gasteiger charge is 2.47. The summed E-state index contributed by atoms with van der Waals surface area (Å²) in [7, 11) is 1.69. The lowest BCUT2D eigenvalue weighted by Crippen LogP contribution is -2.62. The fourth-order valence-corrected chi connectivity index (χ4v) is 5.47. The average Bonchev–Trinajstić information content (AvgIpc) is 3.60. The summed E-state index contributed by atoms with van der Waals surface area (Å²) in [5, 5.41) is 8.12. The number of aromatic amines is 2. The minimum atomic E-state index is -0.566. The summed E-state index contributed by atoms with van der Waals surface area (Å²) < 4.78 is 11.1. The number of hydrogen-bond donors (Lipinski definition) is 2. The van der Waals surface area contributed by atoms with Gasteiger partial charge < -0.3 is 24.3 Å². The van der Waals surface area contributed by atoms with Crippen molar-refractivity contribution in [3.8, 4) is 22.8 Å². The van der Waals surface area contributed by atoms with Gasteiger partial charge in [-0.15, -0.1) is 0 Å². The third-order valence-electron chi connectivity index (χ3n) is 7.07. The van der Waals surface area contributed by atoms with Crippen molar-refractivity contribution in [2.45, 2.75) is 18.5 Å². The number of nitrogens with zero attached hydrogens (tertiary/aromatic N) is 3. The van der Waals surface area contributed by atoms with E-state index in [1.165, 1.54) is 4.90 Å². The molecule has 9 heteroatoms. The first-order valence-corrected chi connectivity index (χ1v) is 11.2. The first-order valence-electron chi connectivity index (χ1n) is 11.2. The molecule has 1 saturated heterocycles. The molecule has 170 valence electrons. The van der Waals surface area contributed by atoms with Crippen LogP contribution in [0.5, 0.6) is 11.5 Å². The Hall–Kier alpha value is -4.27. The van der Waals surface area contributed by atoms with Gasteiger partial charge in [-0.2, -0.15) is 5.10 Å². The zero-order valence-electron chi connectivity index (χ0n) is 18.4. The van der Waals surface area contributed by atoms with Gasteiger partial charge in [0.05, 0.1) is 18.3 Å². The zero-order valence-corrected chi connectivity index (χ0v) is 18.4. The van der Waals surface area contributed by atoms with Crippen LogP contribution in [0.3, 0.4) is 0 Å². The molecule has 0 unspecified atom stereocenters. The van der Waals surface area contributed by atoms with Crippen LogP contribution < -0.4 is 9.47 Å². The first-order chi connectivity index (χ1) is 16.6. The monoisotopic (exact) mass is 455 g/mol. The second kappa shape index (κ2) is 6.86.